The molecule has 0 heterocycles. The number of rotatable bonds is 6. The molecule has 0 radical (unpaired) electrons. The van der Waals surface area contributed by atoms with Crippen LogP contribution in [0.5, 0.6) is 0 Å². The first kappa shape index (κ1) is 13.5. The molecule has 2 atom stereocenters. The zero-order chi connectivity index (χ0) is 10.9. The van der Waals surface area contributed by atoms with E-state index in [9.17, 15) is 0 Å². The molecule has 1 aliphatic carbocycles. The first-order valence-corrected chi connectivity index (χ1v) is 7.90. The fraction of sp³-hybridized carbons (Fsp3) is 1.00. The van der Waals surface area contributed by atoms with E-state index in [4.69, 9.17) is 0 Å². The first-order chi connectivity index (χ1) is 7.34. The van der Waals surface area contributed by atoms with E-state index in [2.05, 4.69) is 22.9 Å². The number of hydrogen-bond donors (Lipinski definition) is 0. The molecule has 0 aromatic heterocycles. The molecule has 0 N–H and O–H groups in total. The Bertz CT molecular complexity index is 144. The average Bonchev–Trinajstić information content (AvgIpc) is 2.44. The van der Waals surface area contributed by atoms with E-state index < -0.39 is 0 Å². The van der Waals surface area contributed by atoms with E-state index in [0.717, 1.165) is 10.7 Å². The Hall–Kier alpha value is 0.480. The van der Waals surface area contributed by atoms with Gasteiger partial charge in [0.15, 0.2) is 0 Å². The molecule has 1 heteroatoms. The smallest absolute Gasteiger partial charge is 0.0174 e. The van der Waals surface area contributed by atoms with Gasteiger partial charge >= 0.3 is 0 Å². The molecule has 15 heavy (non-hydrogen) atoms. The fourth-order valence-corrected chi connectivity index (χ4v) is 3.53. The van der Waals surface area contributed by atoms with Crippen LogP contribution in [0.2, 0.25) is 0 Å². The van der Waals surface area contributed by atoms with Crippen molar-refractivity contribution < 1.29 is 0 Å². The quantitative estimate of drug-likeness (QED) is 0.332. The molecule has 1 fully saturated rings. The van der Waals surface area contributed by atoms with Gasteiger partial charge in [-0.3, -0.25) is 0 Å². The molecule has 0 spiro atoms. The molecular weight excluding hydrogens is 248 g/mol. The van der Waals surface area contributed by atoms with E-state index >= 15 is 0 Å². The van der Waals surface area contributed by atoms with Crippen molar-refractivity contribution in [3.8, 4) is 0 Å². The highest BCUT2D eigenvalue weighted by atomic mass is 79.9. The van der Waals surface area contributed by atoms with Crippen LogP contribution in [-0.4, -0.2) is 4.83 Å². The minimum atomic E-state index is 0.825. The molecule has 1 saturated carbocycles. The molecule has 0 aliphatic heterocycles. The highest BCUT2D eigenvalue weighted by Crippen LogP contribution is 2.32. The topological polar surface area (TPSA) is 0 Å². The molecule has 2 unspecified atom stereocenters. The van der Waals surface area contributed by atoms with Crippen LogP contribution in [0, 0.1) is 5.92 Å². The third-order valence-electron chi connectivity index (χ3n) is 3.74. The van der Waals surface area contributed by atoms with Crippen LogP contribution < -0.4 is 0 Å². The predicted octanol–water partition coefficient (Wildman–Crippen LogP) is 5.69. The molecule has 0 aromatic carbocycles. The van der Waals surface area contributed by atoms with Crippen molar-refractivity contribution in [3.63, 3.8) is 0 Å². The molecule has 90 valence electrons. The molecule has 1 rings (SSSR count). The van der Waals surface area contributed by atoms with Crippen molar-refractivity contribution in [2.24, 2.45) is 5.92 Å². The zero-order valence-electron chi connectivity index (χ0n) is 10.3. The van der Waals surface area contributed by atoms with Crippen LogP contribution in [0.4, 0.5) is 0 Å². The van der Waals surface area contributed by atoms with Crippen molar-refractivity contribution in [2.75, 3.05) is 0 Å². The number of alkyl halides is 1. The van der Waals surface area contributed by atoms with Crippen LogP contribution in [0.15, 0.2) is 0 Å². The highest BCUT2D eigenvalue weighted by molar-refractivity contribution is 9.09. The van der Waals surface area contributed by atoms with Gasteiger partial charge in [0, 0.05) is 4.83 Å². The molecular formula is C14H27Br. The van der Waals surface area contributed by atoms with E-state index in [1.807, 2.05) is 0 Å². The summed E-state index contributed by atoms with van der Waals surface area (Å²) < 4.78 is 0. The predicted molar refractivity (Wildman–Crippen MR) is 72.7 cm³/mol. The Balaban J connectivity index is 2.07. The zero-order valence-corrected chi connectivity index (χ0v) is 11.9. The van der Waals surface area contributed by atoms with Crippen molar-refractivity contribution in [1.29, 1.82) is 0 Å². The molecule has 0 nitrogen and oxygen atoms in total. The summed E-state index contributed by atoms with van der Waals surface area (Å²) in [6.07, 6.45) is 15.9. The fourth-order valence-electron chi connectivity index (χ4n) is 2.67. The van der Waals surface area contributed by atoms with Crippen molar-refractivity contribution in [2.45, 2.75) is 82.4 Å². The summed E-state index contributed by atoms with van der Waals surface area (Å²) in [5.41, 5.74) is 0. The minimum absolute atomic E-state index is 0.825. The monoisotopic (exact) mass is 274 g/mol. The van der Waals surface area contributed by atoms with Gasteiger partial charge in [-0.15, -0.1) is 0 Å². The van der Waals surface area contributed by atoms with Gasteiger partial charge in [-0.2, -0.15) is 0 Å². The van der Waals surface area contributed by atoms with Crippen LogP contribution in [0.25, 0.3) is 0 Å². The Kier molecular flexibility index (Phi) is 7.78. The lowest BCUT2D eigenvalue weighted by Crippen LogP contribution is -2.12. The SMILES string of the molecule is CCCCCCCC1CCCCCC1Br. The van der Waals surface area contributed by atoms with Gasteiger partial charge in [0.25, 0.3) is 0 Å². The number of halogens is 1. The van der Waals surface area contributed by atoms with Gasteiger partial charge in [-0.1, -0.05) is 74.2 Å². The summed E-state index contributed by atoms with van der Waals surface area (Å²) in [5, 5.41) is 0. The van der Waals surface area contributed by atoms with E-state index in [-0.39, 0.29) is 0 Å². The summed E-state index contributed by atoms with van der Waals surface area (Å²) in [6.45, 7) is 2.29. The van der Waals surface area contributed by atoms with E-state index in [0.29, 0.717) is 0 Å². The van der Waals surface area contributed by atoms with Crippen molar-refractivity contribution >= 4 is 15.9 Å². The highest BCUT2D eigenvalue weighted by Gasteiger charge is 2.20. The van der Waals surface area contributed by atoms with Gasteiger partial charge in [-0.05, 0) is 25.2 Å². The molecule has 1 aliphatic rings. The summed E-state index contributed by atoms with van der Waals surface area (Å²) in [5.74, 6) is 0.981. The van der Waals surface area contributed by atoms with Gasteiger partial charge in [0.2, 0.25) is 0 Å². The second-order valence-electron chi connectivity index (χ2n) is 5.12. The standard InChI is InChI=1S/C14H27Br/c1-2-3-4-5-7-10-13-11-8-6-9-12-14(13)15/h13-14H,2-12H2,1H3. The summed E-state index contributed by atoms with van der Waals surface area (Å²) >= 11 is 3.89. The van der Waals surface area contributed by atoms with E-state index in [1.54, 1.807) is 0 Å². The number of unbranched alkanes of at least 4 members (excludes halogenated alkanes) is 4. The van der Waals surface area contributed by atoms with Crippen LogP contribution >= 0.6 is 15.9 Å². The maximum atomic E-state index is 3.89. The maximum absolute atomic E-state index is 3.89. The summed E-state index contributed by atoms with van der Waals surface area (Å²) in [6, 6.07) is 0. The van der Waals surface area contributed by atoms with E-state index in [1.165, 1.54) is 70.6 Å². The molecule has 0 saturated heterocycles. The average molecular weight is 275 g/mol. The first-order valence-electron chi connectivity index (χ1n) is 6.98. The summed E-state index contributed by atoms with van der Waals surface area (Å²) in [4.78, 5) is 0.825. The summed E-state index contributed by atoms with van der Waals surface area (Å²) in [7, 11) is 0. The second-order valence-corrected chi connectivity index (χ2v) is 6.29. The lowest BCUT2D eigenvalue weighted by atomic mass is 9.93. The Labute approximate surface area is 104 Å². The van der Waals surface area contributed by atoms with Crippen LogP contribution in [0.3, 0.4) is 0 Å². The largest absolute Gasteiger partial charge is 0.0888 e. The third-order valence-corrected chi connectivity index (χ3v) is 4.95. The maximum Gasteiger partial charge on any atom is 0.0174 e. The molecule has 0 amide bonds. The molecule has 0 aromatic rings. The Morgan fingerprint density at radius 3 is 2.47 bits per heavy atom. The van der Waals surface area contributed by atoms with Gasteiger partial charge < -0.3 is 0 Å². The van der Waals surface area contributed by atoms with Gasteiger partial charge in [-0.25, -0.2) is 0 Å². The normalized spacial score (nSPS) is 27.6. The third kappa shape index (κ3) is 5.94. The van der Waals surface area contributed by atoms with Crippen molar-refractivity contribution in [1.82, 2.24) is 0 Å². The Morgan fingerprint density at radius 1 is 0.933 bits per heavy atom. The molecule has 0 bridgehead atoms. The minimum Gasteiger partial charge on any atom is -0.0888 e. The lowest BCUT2D eigenvalue weighted by Gasteiger charge is -2.19. The number of hydrogen-bond acceptors (Lipinski definition) is 0. The Morgan fingerprint density at radius 2 is 1.67 bits per heavy atom. The second kappa shape index (κ2) is 8.61. The van der Waals surface area contributed by atoms with Crippen LogP contribution in [-0.2, 0) is 0 Å². The lowest BCUT2D eigenvalue weighted by molar-refractivity contribution is 0.419. The van der Waals surface area contributed by atoms with Crippen LogP contribution in [0.1, 0.15) is 77.6 Å². The van der Waals surface area contributed by atoms with Crippen molar-refractivity contribution in [3.05, 3.63) is 0 Å². The van der Waals surface area contributed by atoms with Gasteiger partial charge in [0.1, 0.15) is 0 Å². The van der Waals surface area contributed by atoms with Gasteiger partial charge in [0.05, 0.1) is 0 Å².